The van der Waals surface area contributed by atoms with E-state index in [2.05, 4.69) is 30.3 Å². The molecule has 0 aliphatic carbocycles. The second-order valence-electron chi connectivity index (χ2n) is 7.28. The summed E-state index contributed by atoms with van der Waals surface area (Å²) in [6, 6.07) is 12.8. The molecule has 2 N–H and O–H groups in total. The Morgan fingerprint density at radius 1 is 1.03 bits per heavy atom. The Morgan fingerprint density at radius 2 is 1.76 bits per heavy atom. The second-order valence-corrected chi connectivity index (χ2v) is 7.28. The summed E-state index contributed by atoms with van der Waals surface area (Å²) in [6.45, 7) is 1.24. The lowest BCUT2D eigenvalue weighted by Gasteiger charge is -2.23. The zero-order valence-corrected chi connectivity index (χ0v) is 17.7. The lowest BCUT2D eigenvalue weighted by Crippen LogP contribution is -2.42. The summed E-state index contributed by atoms with van der Waals surface area (Å²) in [5.41, 5.74) is 1.55. The highest BCUT2D eigenvalue weighted by Gasteiger charge is 2.38. The molecule has 4 rings (SSSR count). The molecule has 0 saturated heterocycles. The molecule has 3 aromatic rings. The number of nitrogens with one attached hydrogen (secondary N) is 2. The number of para-hydroxylation sites is 1. The number of hydrogen-bond donors (Lipinski definition) is 2. The third-order valence-corrected chi connectivity index (χ3v) is 4.98. The third-order valence-electron chi connectivity index (χ3n) is 4.98. The minimum absolute atomic E-state index is 0.226. The Bertz CT molecular complexity index is 1210. The van der Waals surface area contributed by atoms with Crippen LogP contribution in [0.5, 0.6) is 0 Å². The maximum absolute atomic E-state index is 13.0. The Balaban J connectivity index is 1.46. The number of alkyl halides is 3. The van der Waals surface area contributed by atoms with Crippen LogP contribution in [0.2, 0.25) is 0 Å². The van der Waals surface area contributed by atoms with Gasteiger partial charge in [0.2, 0.25) is 5.82 Å². The number of aliphatic imine (C=N–C) groups is 1. The minimum Gasteiger partial charge on any atom is -0.374 e. The lowest BCUT2D eigenvalue weighted by molar-refractivity contribution is -0.159. The standard InChI is InChI=1S/C22H19F3N6O3/c23-22(24,25)21-29-18(30-34-21)14-5-7-15(8-6-14)20(33)31-11-9-26-13-28-17-4-2-1-3-16(17)19(32)27-10-12-31/h1-8,13H,9-12H2,(H,26,28)(H,27,32). The number of amides is 2. The van der Waals surface area contributed by atoms with E-state index in [1.807, 2.05) is 0 Å². The van der Waals surface area contributed by atoms with Crippen molar-refractivity contribution in [3.8, 4) is 11.4 Å². The molecule has 12 heteroatoms. The first-order valence-electron chi connectivity index (χ1n) is 10.3. The van der Waals surface area contributed by atoms with E-state index in [0.717, 1.165) is 0 Å². The number of aromatic nitrogens is 2. The Hall–Kier alpha value is -4.22. The number of carbonyl (C=O) groups is 2. The normalized spacial score (nSPS) is 15.9. The number of nitrogens with zero attached hydrogens (tertiary/aromatic N) is 4. The first kappa shape index (κ1) is 23.0. The van der Waals surface area contributed by atoms with Crippen molar-refractivity contribution >= 4 is 23.8 Å². The van der Waals surface area contributed by atoms with E-state index in [-0.39, 0.29) is 36.3 Å². The zero-order chi connectivity index (χ0) is 24.1. The van der Waals surface area contributed by atoms with Gasteiger partial charge in [-0.05, 0) is 24.3 Å². The molecule has 1 aliphatic rings. The number of hydrogen-bond acceptors (Lipinski definition) is 7. The summed E-state index contributed by atoms with van der Waals surface area (Å²) in [6.07, 6.45) is -3.26. The van der Waals surface area contributed by atoms with E-state index in [9.17, 15) is 22.8 Å². The van der Waals surface area contributed by atoms with Gasteiger partial charge in [-0.15, -0.1) is 0 Å². The van der Waals surface area contributed by atoms with Crippen LogP contribution in [0.1, 0.15) is 26.6 Å². The number of halogens is 3. The SMILES string of the molecule is O=C1NCCN(C(=O)c2ccc(-c3noc(C(F)(F)F)n3)cc2)CCN/C=N/c2ccccc21. The van der Waals surface area contributed by atoms with Gasteiger partial charge in [0.15, 0.2) is 0 Å². The summed E-state index contributed by atoms with van der Waals surface area (Å²) in [4.78, 5) is 34.7. The molecule has 1 aliphatic heterocycles. The van der Waals surface area contributed by atoms with Gasteiger partial charge in [0, 0.05) is 37.3 Å². The topological polar surface area (TPSA) is 113 Å². The van der Waals surface area contributed by atoms with Crippen LogP contribution in [0.15, 0.2) is 58.0 Å². The van der Waals surface area contributed by atoms with Crippen LogP contribution >= 0.6 is 0 Å². The van der Waals surface area contributed by atoms with Crippen molar-refractivity contribution in [3.05, 3.63) is 65.5 Å². The molecule has 0 radical (unpaired) electrons. The van der Waals surface area contributed by atoms with Gasteiger partial charge in [0.25, 0.3) is 11.8 Å². The molecular weight excluding hydrogens is 453 g/mol. The van der Waals surface area contributed by atoms with Crippen molar-refractivity contribution in [2.24, 2.45) is 4.99 Å². The largest absolute Gasteiger partial charge is 0.471 e. The Morgan fingerprint density at radius 3 is 2.50 bits per heavy atom. The van der Waals surface area contributed by atoms with Crippen LogP contribution in [0, 0.1) is 0 Å². The quantitative estimate of drug-likeness (QED) is 0.593. The molecule has 9 nitrogen and oxygen atoms in total. The van der Waals surface area contributed by atoms with Crippen molar-refractivity contribution in [2.75, 3.05) is 26.2 Å². The molecule has 0 saturated carbocycles. The van der Waals surface area contributed by atoms with E-state index in [1.165, 1.54) is 30.6 Å². The summed E-state index contributed by atoms with van der Waals surface area (Å²) >= 11 is 0. The molecule has 2 amide bonds. The molecule has 176 valence electrons. The maximum Gasteiger partial charge on any atom is 0.471 e. The van der Waals surface area contributed by atoms with E-state index in [0.29, 0.717) is 29.9 Å². The van der Waals surface area contributed by atoms with Crippen molar-refractivity contribution in [1.82, 2.24) is 25.7 Å². The van der Waals surface area contributed by atoms with Crippen LogP contribution in [0.25, 0.3) is 11.4 Å². The molecule has 0 atom stereocenters. The van der Waals surface area contributed by atoms with Crippen molar-refractivity contribution < 1.29 is 27.3 Å². The Kier molecular flexibility index (Phi) is 6.57. The van der Waals surface area contributed by atoms with Gasteiger partial charge in [-0.2, -0.15) is 18.2 Å². The predicted molar refractivity (Wildman–Crippen MR) is 116 cm³/mol. The monoisotopic (exact) mass is 472 g/mol. The van der Waals surface area contributed by atoms with Gasteiger partial charge in [-0.1, -0.05) is 29.4 Å². The van der Waals surface area contributed by atoms with E-state index in [1.54, 1.807) is 29.2 Å². The summed E-state index contributed by atoms with van der Waals surface area (Å²) in [7, 11) is 0. The van der Waals surface area contributed by atoms with Crippen LogP contribution in [0.3, 0.4) is 0 Å². The average molecular weight is 472 g/mol. The Labute approximate surface area is 191 Å². The second kappa shape index (κ2) is 9.73. The van der Waals surface area contributed by atoms with E-state index in [4.69, 9.17) is 0 Å². The fourth-order valence-corrected chi connectivity index (χ4v) is 3.27. The highest BCUT2D eigenvalue weighted by Crippen LogP contribution is 2.29. The summed E-state index contributed by atoms with van der Waals surface area (Å²) in [5.74, 6) is -2.28. The molecule has 0 fully saturated rings. The molecule has 2 heterocycles. The molecule has 0 bridgehead atoms. The van der Waals surface area contributed by atoms with Gasteiger partial charge < -0.3 is 20.1 Å². The fraction of sp³-hybridized carbons (Fsp3) is 0.227. The third kappa shape index (κ3) is 5.22. The maximum atomic E-state index is 13.0. The van der Waals surface area contributed by atoms with Crippen molar-refractivity contribution in [2.45, 2.75) is 6.18 Å². The van der Waals surface area contributed by atoms with Gasteiger partial charge >= 0.3 is 12.1 Å². The van der Waals surface area contributed by atoms with Gasteiger partial charge in [0.05, 0.1) is 17.6 Å². The van der Waals surface area contributed by atoms with Gasteiger partial charge in [0.1, 0.15) is 0 Å². The number of carbonyl (C=O) groups excluding carboxylic acids is 2. The summed E-state index contributed by atoms with van der Waals surface area (Å²) < 4.78 is 42.2. The van der Waals surface area contributed by atoms with Crippen LogP contribution in [0.4, 0.5) is 18.9 Å². The van der Waals surface area contributed by atoms with Gasteiger partial charge in [-0.25, -0.2) is 4.99 Å². The lowest BCUT2D eigenvalue weighted by atomic mass is 10.1. The average Bonchev–Trinajstić information content (AvgIpc) is 3.33. The van der Waals surface area contributed by atoms with Crippen LogP contribution in [-0.4, -0.2) is 59.4 Å². The first-order valence-corrected chi connectivity index (χ1v) is 10.3. The molecule has 34 heavy (non-hydrogen) atoms. The fourth-order valence-electron chi connectivity index (χ4n) is 3.27. The zero-order valence-electron chi connectivity index (χ0n) is 17.7. The van der Waals surface area contributed by atoms with Crippen molar-refractivity contribution in [3.63, 3.8) is 0 Å². The van der Waals surface area contributed by atoms with Crippen molar-refractivity contribution in [1.29, 1.82) is 0 Å². The molecule has 2 aromatic carbocycles. The molecule has 0 unspecified atom stereocenters. The van der Waals surface area contributed by atoms with Crippen LogP contribution in [-0.2, 0) is 6.18 Å². The summed E-state index contributed by atoms with van der Waals surface area (Å²) in [5, 5.41) is 9.13. The van der Waals surface area contributed by atoms with Gasteiger partial charge in [-0.3, -0.25) is 9.59 Å². The molecule has 1 aromatic heterocycles. The number of benzene rings is 2. The smallest absolute Gasteiger partial charge is 0.374 e. The first-order chi connectivity index (χ1) is 16.3. The molecule has 0 spiro atoms. The minimum atomic E-state index is -4.74. The van der Waals surface area contributed by atoms with E-state index < -0.39 is 12.1 Å². The number of fused-ring (bicyclic) bond motifs is 1. The highest BCUT2D eigenvalue weighted by atomic mass is 19.4. The highest BCUT2D eigenvalue weighted by molar-refractivity contribution is 5.99. The van der Waals surface area contributed by atoms with E-state index >= 15 is 0 Å². The predicted octanol–water partition coefficient (Wildman–Crippen LogP) is 2.89. The van der Waals surface area contributed by atoms with Crippen LogP contribution < -0.4 is 10.6 Å². The number of rotatable bonds is 2. The molecular formula is C22H19F3N6O3.